The number of nitriles is 3. The number of thioether (sulfide) groups is 1. The third-order valence-electron chi connectivity index (χ3n) is 27.6. The van der Waals surface area contributed by atoms with Crippen LogP contribution in [0.5, 0.6) is 17.2 Å². The van der Waals surface area contributed by atoms with Crippen molar-refractivity contribution in [1.29, 1.82) is 15.8 Å². The van der Waals surface area contributed by atoms with Crippen molar-refractivity contribution in [3.63, 3.8) is 0 Å². The van der Waals surface area contributed by atoms with Gasteiger partial charge in [0.1, 0.15) is 58.1 Å². The molecule has 4 aromatic heterocycles. The second-order valence-electron chi connectivity index (χ2n) is 44.5. The number of nitrogens with zero attached hydrogens (tertiary/aromatic N) is 12. The molecule has 6 atom stereocenters. The number of anilines is 1. The molecule has 6 unspecified atom stereocenters. The van der Waals surface area contributed by atoms with Gasteiger partial charge in [-0.15, -0.1) is 11.8 Å². The van der Waals surface area contributed by atoms with E-state index in [1.54, 1.807) is 39.9 Å². The van der Waals surface area contributed by atoms with Gasteiger partial charge in [-0.3, -0.25) is 29.5 Å². The van der Waals surface area contributed by atoms with Crippen molar-refractivity contribution in [2.45, 2.75) is 248 Å². The molecular weight excluding hydrogens is 1890 g/mol. The fourth-order valence-electron chi connectivity index (χ4n) is 19.3. The van der Waals surface area contributed by atoms with Crippen LogP contribution >= 0.6 is 11.8 Å². The molecule has 0 radical (unpaired) electrons. The van der Waals surface area contributed by atoms with E-state index in [1.807, 2.05) is 135 Å². The summed E-state index contributed by atoms with van der Waals surface area (Å²) in [5.41, 5.74) is 22.7. The minimum atomic E-state index is -0.499. The number of rotatable bonds is 28. The van der Waals surface area contributed by atoms with Crippen molar-refractivity contribution >= 4 is 74.5 Å². The number of likely N-dealkylation sites (tertiary alicyclic amines) is 5. The molecule has 30 nitrogen and oxygen atoms in total. The Balaban J connectivity index is 0.000000320. The van der Waals surface area contributed by atoms with Gasteiger partial charge in [-0.25, -0.2) is 19.4 Å². The summed E-state index contributed by atoms with van der Waals surface area (Å²) in [4.78, 5) is 78.0. The number of nitrogens with two attached hydrogens (primary N) is 2. The minimum absolute atomic E-state index is 0. The molecule has 9 aromatic rings. The van der Waals surface area contributed by atoms with Crippen LogP contribution in [0.25, 0.3) is 32.7 Å². The second kappa shape index (κ2) is 58.3. The molecule has 31 heteroatoms. The number of hydrogen-bond donors (Lipinski definition) is 8. The SMILES string of the molecule is C.C.C.C.C.C.CC1(CN)CCN(Cc2ccccc2)C1.CC1(CNC(=O)OC(C)(C)C)CCN(Cc2ccccc2)C1.CC1(CNC(=O)OC(C)(C)C)CCNC1.COc1ccc2ncc(C#N)c(CCN3CCC(C)(CN)C3)c2c1.COc1ccc2ncc(C#N)c(CCN3CCC(C)(CNC(=O)OC(C)(C)C)C3)c2c1.COc1ccc2ncc(C#N)c(CCN3CCC(C)(CNCc4ccc5c(n4)NC(=O)CS5)C3)c2c1. The molecule has 0 saturated carbocycles. The molecule has 0 spiro atoms. The summed E-state index contributed by atoms with van der Waals surface area (Å²) < 4.78 is 31.9. The lowest BCUT2D eigenvalue weighted by molar-refractivity contribution is -0.114. The van der Waals surface area contributed by atoms with Crippen LogP contribution in [0.3, 0.4) is 0 Å². The lowest BCUT2D eigenvalue weighted by Crippen LogP contribution is -2.40. The molecule has 6 fully saturated rings. The number of benzene rings is 5. The number of aromatic nitrogens is 4. The van der Waals surface area contributed by atoms with E-state index in [0.717, 1.165) is 253 Å². The molecule has 5 aromatic carbocycles. The zero-order valence-corrected chi connectivity index (χ0v) is 88.7. The zero-order valence-electron chi connectivity index (χ0n) is 87.9. The first-order valence-electron chi connectivity index (χ1n) is 50.4. The minimum Gasteiger partial charge on any atom is -0.497 e. The predicted molar refractivity (Wildman–Crippen MR) is 609 cm³/mol. The first-order valence-corrected chi connectivity index (χ1v) is 51.4. The number of amides is 4. The summed E-state index contributed by atoms with van der Waals surface area (Å²) in [7, 11) is 4.94. The lowest BCUT2D eigenvalue weighted by Gasteiger charge is -2.26. The smallest absolute Gasteiger partial charge is 0.407 e. The normalized spacial score (nSPS) is 20.9. The molecule has 7 aliphatic heterocycles. The van der Waals surface area contributed by atoms with Crippen molar-refractivity contribution in [1.82, 2.24) is 71.0 Å². The second-order valence-corrected chi connectivity index (χ2v) is 45.5. The van der Waals surface area contributed by atoms with Gasteiger partial charge >= 0.3 is 18.3 Å². The Morgan fingerprint density at radius 2 is 0.779 bits per heavy atom. The highest BCUT2D eigenvalue weighted by Gasteiger charge is 2.40. The highest BCUT2D eigenvalue weighted by atomic mass is 32.2. The maximum Gasteiger partial charge on any atom is 0.407 e. The van der Waals surface area contributed by atoms with Crippen molar-refractivity contribution in [2.75, 3.05) is 170 Å². The average Bonchev–Trinajstić information content (AvgIpc) is 1.67. The molecule has 0 bridgehead atoms. The molecule has 7 aliphatic rings. The Bertz CT molecular complexity index is 5880. The Kier molecular flexibility index (Phi) is 50.1. The molecular formula is C118H180N20O10S. The first-order chi connectivity index (χ1) is 67.9. The fourth-order valence-corrected chi connectivity index (χ4v) is 20.1. The van der Waals surface area contributed by atoms with Gasteiger partial charge in [0.05, 0.1) is 70.9 Å². The number of nitrogens with one attached hydrogen (secondary N) is 6. The molecule has 818 valence electrons. The number of ether oxygens (including phenoxy) is 6. The largest absolute Gasteiger partial charge is 0.497 e. The number of carbonyl (C=O) groups is 4. The Morgan fingerprint density at radius 3 is 1.11 bits per heavy atom. The molecule has 0 aliphatic carbocycles. The maximum absolute atomic E-state index is 12.0. The number of methoxy groups -OCH3 is 3. The van der Waals surface area contributed by atoms with E-state index >= 15 is 0 Å². The summed E-state index contributed by atoms with van der Waals surface area (Å²) >= 11 is 1.53. The van der Waals surface area contributed by atoms with E-state index in [-0.39, 0.29) is 95.8 Å². The van der Waals surface area contributed by atoms with E-state index < -0.39 is 16.8 Å². The van der Waals surface area contributed by atoms with E-state index in [4.69, 9.17) is 39.9 Å². The maximum atomic E-state index is 12.0. The average molecular weight is 2070 g/mol. The van der Waals surface area contributed by atoms with Gasteiger partial charge in [0, 0.05) is 139 Å². The third-order valence-corrected chi connectivity index (χ3v) is 28.7. The number of hydrogen-bond acceptors (Lipinski definition) is 27. The van der Waals surface area contributed by atoms with Crippen LogP contribution in [-0.2, 0) is 57.9 Å². The number of alkyl carbamates (subject to hydrolysis) is 3. The molecule has 149 heavy (non-hydrogen) atoms. The number of carbonyl (C=O) groups excluding carboxylic acids is 4. The quantitative estimate of drug-likeness (QED) is 0.0211. The summed E-state index contributed by atoms with van der Waals surface area (Å²) in [6, 6.07) is 49.6. The van der Waals surface area contributed by atoms with Gasteiger partial charge in [-0.05, 0) is 299 Å². The fraction of sp³-hybridized carbons (Fsp3) is 0.568. The number of pyridine rings is 4. The third kappa shape index (κ3) is 39.7. The predicted octanol–water partition coefficient (Wildman–Crippen LogP) is 20.4. The number of fused-ring (bicyclic) bond motifs is 4. The lowest BCUT2D eigenvalue weighted by atomic mass is 9.90. The topological polar surface area (TPSA) is 387 Å². The van der Waals surface area contributed by atoms with Gasteiger partial charge in [0.25, 0.3) is 0 Å². The van der Waals surface area contributed by atoms with Crippen LogP contribution in [0.4, 0.5) is 20.2 Å². The van der Waals surface area contributed by atoms with Gasteiger partial charge < -0.3 is 86.5 Å². The van der Waals surface area contributed by atoms with E-state index in [1.165, 1.54) is 35.9 Å². The summed E-state index contributed by atoms with van der Waals surface area (Å²) in [6.45, 7) is 52.3. The van der Waals surface area contributed by atoms with Crippen LogP contribution in [0.15, 0.2) is 151 Å². The Labute approximate surface area is 896 Å². The van der Waals surface area contributed by atoms with Crippen LogP contribution in [-0.4, -0.2) is 250 Å². The van der Waals surface area contributed by atoms with Gasteiger partial charge in [-0.2, -0.15) is 15.8 Å². The van der Waals surface area contributed by atoms with Crippen LogP contribution < -0.4 is 57.6 Å². The molecule has 16 rings (SSSR count). The highest BCUT2D eigenvalue weighted by Crippen LogP contribution is 2.39. The van der Waals surface area contributed by atoms with Crippen molar-refractivity contribution in [3.05, 3.63) is 196 Å². The van der Waals surface area contributed by atoms with Crippen LogP contribution in [0.1, 0.15) is 237 Å². The molecule has 4 amide bonds. The zero-order chi connectivity index (χ0) is 103. The molecule has 10 N–H and O–H groups in total. The Hall–Kier alpha value is -11.4. The van der Waals surface area contributed by atoms with Crippen LogP contribution in [0.2, 0.25) is 0 Å². The highest BCUT2D eigenvalue weighted by molar-refractivity contribution is 8.00. The van der Waals surface area contributed by atoms with E-state index in [2.05, 4.69) is 191 Å². The van der Waals surface area contributed by atoms with Gasteiger partial charge in [-0.1, -0.05) is 147 Å². The van der Waals surface area contributed by atoms with Crippen molar-refractivity contribution in [3.8, 4) is 35.5 Å². The van der Waals surface area contributed by atoms with Crippen molar-refractivity contribution < 1.29 is 47.6 Å². The van der Waals surface area contributed by atoms with E-state index in [0.29, 0.717) is 59.9 Å². The van der Waals surface area contributed by atoms with Gasteiger partial charge in [0.15, 0.2) is 0 Å². The van der Waals surface area contributed by atoms with Crippen LogP contribution in [0, 0.1) is 66.5 Å². The summed E-state index contributed by atoms with van der Waals surface area (Å²) in [5.74, 6) is 3.45. The van der Waals surface area contributed by atoms with E-state index in [9.17, 15) is 35.0 Å². The molecule has 6 saturated heterocycles. The Morgan fingerprint density at radius 1 is 0.443 bits per heavy atom. The standard InChI is InChI=1S/C27H30N6O2S.C24H32N4O3.C19H24N4O.C18H28N2O2.C13H20N2.C11H22N2O2.6CH4/c1-27(16-29-14-19-3-6-24-26(31-19)32-25(34)15-36-24)8-10-33(17-27)9-7-21-18(12-28)13-30-23-5-4-20(35-2)11-22(21)23;1-23(2,3)31-22(29)27-15-24(4)9-11-28(16-24)10-8-19-17(13-25)14-26-21-7-6-18(30-5)12-20(19)21;1-19(12-21)6-8-23(13-19)7-5-16-14(10-20)11-22-18-4-3-15(24-2)9-17(16)18;1-17(2,3)22-16(21)19-13-18(4)10-11-20(14-18)12-15-8-6-5-7-9-15;1-13(10-14)7-8-15(11-13)9-12-5-3-2-4-6-12;1-10(2,3)15-9(14)13-8-11(4)5-6-12-7-11;;;;;;/h3-6,11,13,29H,7-10,14-17H2,1-2H3,(H,31,32,34);6-7,12,14H,8-11,15-16H2,1-5H3,(H,27,29);3-4,9,11H,5-8,12-13,21H2,1-2H3;5-9H,10-14H2,1-4H3,(H,19,21);2-6H,7-11,14H2,1H3;12H,5-8H2,1-4H3,(H,13,14);6*1H4. The van der Waals surface area contributed by atoms with Gasteiger partial charge in [0.2, 0.25) is 5.91 Å². The summed E-state index contributed by atoms with van der Waals surface area (Å²) in [6.07, 6.45) is 13.0. The molecule has 11 heterocycles. The first kappa shape index (κ1) is 128. The monoisotopic (exact) mass is 2070 g/mol. The summed E-state index contributed by atoms with van der Waals surface area (Å²) in [5, 5.41) is 50.1. The van der Waals surface area contributed by atoms with Crippen molar-refractivity contribution in [2.24, 2.45) is 44.0 Å².